The standard InChI is InChI=1S/C20H27F6N3OS/c1-6-17(2,3)18(4,5)15(30)27-7-8-28-16(31)29-14-10-12(19(21,22)23)9-13(11-14)20(24,25)26/h9-11H,6-8H2,1-5H3,(H,27,30)(H2,28,29,31). The van der Waals surface area contributed by atoms with Crippen LogP contribution in [0.2, 0.25) is 0 Å². The summed E-state index contributed by atoms with van der Waals surface area (Å²) in [4.78, 5) is 12.5. The zero-order valence-electron chi connectivity index (χ0n) is 17.9. The van der Waals surface area contributed by atoms with E-state index in [-0.39, 0.29) is 35.6 Å². The topological polar surface area (TPSA) is 53.2 Å². The summed E-state index contributed by atoms with van der Waals surface area (Å²) < 4.78 is 77.5. The fourth-order valence-electron chi connectivity index (χ4n) is 2.52. The number of carbonyl (C=O) groups excluding carboxylic acids is 1. The van der Waals surface area contributed by atoms with Crippen molar-refractivity contribution in [1.82, 2.24) is 10.6 Å². The molecule has 0 atom stereocenters. The summed E-state index contributed by atoms with van der Waals surface area (Å²) in [6, 6.07) is 1.12. The molecule has 0 aromatic heterocycles. The lowest BCUT2D eigenvalue weighted by Gasteiger charge is -2.39. The number of rotatable bonds is 7. The van der Waals surface area contributed by atoms with Gasteiger partial charge in [-0.15, -0.1) is 0 Å². The normalized spacial score (nSPS) is 13.0. The summed E-state index contributed by atoms with van der Waals surface area (Å²) in [5, 5.41) is 7.56. The highest BCUT2D eigenvalue weighted by Crippen LogP contribution is 2.41. The molecule has 0 unspecified atom stereocenters. The molecule has 0 spiro atoms. The van der Waals surface area contributed by atoms with Crippen LogP contribution >= 0.6 is 12.2 Å². The van der Waals surface area contributed by atoms with E-state index in [2.05, 4.69) is 16.0 Å². The molecule has 0 aliphatic carbocycles. The van der Waals surface area contributed by atoms with E-state index >= 15 is 0 Å². The van der Waals surface area contributed by atoms with Gasteiger partial charge < -0.3 is 16.0 Å². The number of anilines is 1. The van der Waals surface area contributed by atoms with Crippen molar-refractivity contribution in [3.8, 4) is 0 Å². The minimum atomic E-state index is -4.95. The van der Waals surface area contributed by atoms with Crippen LogP contribution in [0.3, 0.4) is 0 Å². The third-order valence-corrected chi connectivity index (χ3v) is 5.93. The van der Waals surface area contributed by atoms with Crippen LogP contribution in [0.1, 0.15) is 52.2 Å². The van der Waals surface area contributed by atoms with E-state index in [1.54, 1.807) is 0 Å². The molecule has 11 heteroatoms. The monoisotopic (exact) mass is 471 g/mol. The van der Waals surface area contributed by atoms with Gasteiger partial charge in [-0.3, -0.25) is 4.79 Å². The van der Waals surface area contributed by atoms with Crippen LogP contribution in [0.5, 0.6) is 0 Å². The quantitative estimate of drug-likeness (QED) is 0.276. The van der Waals surface area contributed by atoms with Crippen LogP contribution < -0.4 is 16.0 Å². The van der Waals surface area contributed by atoms with E-state index in [9.17, 15) is 31.1 Å². The maximum atomic E-state index is 12.9. The number of hydrogen-bond donors (Lipinski definition) is 3. The van der Waals surface area contributed by atoms with Crippen LogP contribution in [0.25, 0.3) is 0 Å². The van der Waals surface area contributed by atoms with Crippen molar-refractivity contribution < 1.29 is 31.1 Å². The van der Waals surface area contributed by atoms with E-state index in [4.69, 9.17) is 12.2 Å². The maximum absolute atomic E-state index is 12.9. The third kappa shape index (κ3) is 7.26. The zero-order valence-corrected chi connectivity index (χ0v) is 18.8. The second-order valence-corrected chi connectivity index (χ2v) is 8.70. The smallest absolute Gasteiger partial charge is 0.361 e. The number of alkyl halides is 6. The first kappa shape index (κ1) is 27.0. The number of carbonyl (C=O) groups is 1. The molecule has 0 aliphatic rings. The average Bonchev–Trinajstić information content (AvgIpc) is 2.63. The van der Waals surface area contributed by atoms with Gasteiger partial charge in [0.05, 0.1) is 11.1 Å². The Bertz CT molecular complexity index is 771. The summed E-state index contributed by atoms with van der Waals surface area (Å²) in [6.45, 7) is 9.90. The number of benzene rings is 1. The Morgan fingerprint density at radius 1 is 0.871 bits per heavy atom. The highest BCUT2D eigenvalue weighted by atomic mass is 32.1. The lowest BCUT2D eigenvalue weighted by Crippen LogP contribution is -2.48. The molecule has 1 rings (SSSR count). The van der Waals surface area contributed by atoms with Crippen LogP contribution in [0.15, 0.2) is 18.2 Å². The summed E-state index contributed by atoms with van der Waals surface area (Å²) in [5.41, 5.74) is -4.23. The molecule has 3 N–H and O–H groups in total. The van der Waals surface area contributed by atoms with E-state index in [1.165, 1.54) is 0 Å². The van der Waals surface area contributed by atoms with Crippen molar-refractivity contribution in [3.05, 3.63) is 29.3 Å². The Hall–Kier alpha value is -2.04. The SMILES string of the molecule is CCC(C)(C)C(C)(C)C(=O)NCCNC(=S)Nc1cc(C(F)(F)F)cc(C(F)(F)F)c1. The highest BCUT2D eigenvalue weighted by molar-refractivity contribution is 7.80. The second-order valence-electron chi connectivity index (χ2n) is 8.29. The first-order chi connectivity index (χ1) is 13.9. The largest absolute Gasteiger partial charge is 0.416 e. The maximum Gasteiger partial charge on any atom is 0.416 e. The first-order valence-corrected chi connectivity index (χ1v) is 9.95. The van der Waals surface area contributed by atoms with E-state index < -0.39 is 34.6 Å². The van der Waals surface area contributed by atoms with E-state index in [0.29, 0.717) is 12.1 Å². The van der Waals surface area contributed by atoms with Gasteiger partial charge in [-0.1, -0.05) is 34.6 Å². The van der Waals surface area contributed by atoms with Gasteiger partial charge in [-0.05, 0) is 42.3 Å². The molecule has 0 aliphatic heterocycles. The lowest BCUT2D eigenvalue weighted by molar-refractivity contribution is -0.143. The Morgan fingerprint density at radius 2 is 1.32 bits per heavy atom. The minimum absolute atomic E-state index is 0.0384. The van der Waals surface area contributed by atoms with Crippen molar-refractivity contribution in [2.24, 2.45) is 10.8 Å². The van der Waals surface area contributed by atoms with E-state index in [1.807, 2.05) is 34.6 Å². The first-order valence-electron chi connectivity index (χ1n) is 9.54. The molecular formula is C20H27F6N3OS. The summed E-state index contributed by atoms with van der Waals surface area (Å²) in [7, 11) is 0. The molecule has 1 aromatic carbocycles. The highest BCUT2D eigenvalue weighted by Gasteiger charge is 2.41. The Morgan fingerprint density at radius 3 is 1.74 bits per heavy atom. The van der Waals surface area contributed by atoms with Crippen molar-refractivity contribution in [3.63, 3.8) is 0 Å². The number of amides is 1. The molecule has 176 valence electrons. The average molecular weight is 472 g/mol. The number of halogens is 6. The molecule has 0 heterocycles. The van der Waals surface area contributed by atoms with Crippen molar-refractivity contribution in [2.45, 2.75) is 53.4 Å². The van der Waals surface area contributed by atoms with Gasteiger partial charge in [0.2, 0.25) is 5.91 Å². The molecule has 0 radical (unpaired) electrons. The molecule has 1 amide bonds. The van der Waals surface area contributed by atoms with Gasteiger partial charge in [-0.2, -0.15) is 26.3 Å². The second kappa shape index (κ2) is 9.62. The van der Waals surface area contributed by atoms with Crippen molar-refractivity contribution >= 4 is 28.9 Å². The van der Waals surface area contributed by atoms with Crippen LogP contribution in [-0.4, -0.2) is 24.1 Å². The minimum Gasteiger partial charge on any atom is -0.361 e. The number of thiocarbonyl (C=S) groups is 1. The molecule has 0 fully saturated rings. The fraction of sp³-hybridized carbons (Fsp3) is 0.600. The molecule has 4 nitrogen and oxygen atoms in total. The van der Waals surface area contributed by atoms with Gasteiger partial charge in [-0.25, -0.2) is 0 Å². The Kier molecular flexibility index (Phi) is 8.38. The summed E-state index contributed by atoms with van der Waals surface area (Å²) >= 11 is 4.94. The van der Waals surface area contributed by atoms with Crippen LogP contribution in [0.4, 0.5) is 32.0 Å². The van der Waals surface area contributed by atoms with Crippen LogP contribution in [-0.2, 0) is 17.1 Å². The predicted molar refractivity (Wildman–Crippen MR) is 112 cm³/mol. The molecule has 0 bridgehead atoms. The molecule has 1 aromatic rings. The summed E-state index contributed by atoms with van der Waals surface area (Å²) in [6.07, 6.45) is -9.11. The zero-order chi connectivity index (χ0) is 24.3. The predicted octanol–water partition coefficient (Wildman–Crippen LogP) is 5.59. The molecular weight excluding hydrogens is 444 g/mol. The van der Waals surface area contributed by atoms with Gasteiger partial charge in [0.25, 0.3) is 0 Å². The number of nitrogens with one attached hydrogen (secondary N) is 3. The van der Waals surface area contributed by atoms with Crippen LogP contribution in [0, 0.1) is 10.8 Å². The number of hydrogen-bond acceptors (Lipinski definition) is 2. The third-order valence-electron chi connectivity index (χ3n) is 5.69. The molecule has 31 heavy (non-hydrogen) atoms. The molecule has 0 saturated heterocycles. The molecule has 0 saturated carbocycles. The Labute approximate surface area is 183 Å². The van der Waals surface area contributed by atoms with Gasteiger partial charge in [0, 0.05) is 24.2 Å². The van der Waals surface area contributed by atoms with Crippen molar-refractivity contribution in [2.75, 3.05) is 18.4 Å². The van der Waals surface area contributed by atoms with Gasteiger partial charge >= 0.3 is 12.4 Å². The fourth-order valence-corrected chi connectivity index (χ4v) is 2.74. The lowest BCUT2D eigenvalue weighted by atomic mass is 9.66. The van der Waals surface area contributed by atoms with E-state index in [0.717, 1.165) is 6.42 Å². The van der Waals surface area contributed by atoms with Gasteiger partial charge in [0.15, 0.2) is 5.11 Å². The van der Waals surface area contributed by atoms with Crippen molar-refractivity contribution in [1.29, 1.82) is 0 Å². The Balaban J connectivity index is 2.73. The van der Waals surface area contributed by atoms with Gasteiger partial charge in [0.1, 0.15) is 0 Å². The summed E-state index contributed by atoms with van der Waals surface area (Å²) in [5.74, 6) is -0.173.